The van der Waals surface area contributed by atoms with Crippen LogP contribution in [0.1, 0.15) is 40.5 Å². The van der Waals surface area contributed by atoms with Crippen LogP contribution in [-0.4, -0.2) is 35.6 Å². The molecule has 0 aliphatic carbocycles. The van der Waals surface area contributed by atoms with Crippen molar-refractivity contribution in [3.05, 3.63) is 0 Å². The second-order valence-corrected chi connectivity index (χ2v) is 4.48. The molecule has 1 aliphatic heterocycles. The summed E-state index contributed by atoms with van der Waals surface area (Å²) < 4.78 is 5.23. The summed E-state index contributed by atoms with van der Waals surface area (Å²) in [6.07, 6.45) is 2.05. The highest BCUT2D eigenvalue weighted by atomic mass is 16.5. The maximum Gasteiger partial charge on any atom is 0.323 e. The Bertz CT molecular complexity index is 201. The zero-order valence-electron chi connectivity index (χ0n) is 9.62. The van der Waals surface area contributed by atoms with Crippen molar-refractivity contribution < 1.29 is 9.53 Å². The molecule has 0 spiro atoms. The average molecular weight is 199 g/mol. The minimum absolute atomic E-state index is 0.00241. The highest BCUT2D eigenvalue weighted by molar-refractivity contribution is 5.76. The van der Waals surface area contributed by atoms with Crippen LogP contribution in [0.4, 0.5) is 0 Å². The summed E-state index contributed by atoms with van der Waals surface area (Å²) in [7, 11) is 0. The molecule has 0 N–H and O–H groups in total. The van der Waals surface area contributed by atoms with Crippen LogP contribution in [0, 0.1) is 0 Å². The van der Waals surface area contributed by atoms with E-state index >= 15 is 0 Å². The van der Waals surface area contributed by atoms with Crippen molar-refractivity contribution in [1.82, 2.24) is 4.90 Å². The molecular weight excluding hydrogens is 178 g/mol. The lowest BCUT2D eigenvalue weighted by Crippen LogP contribution is -2.42. The van der Waals surface area contributed by atoms with Crippen LogP contribution in [0.5, 0.6) is 0 Å². The van der Waals surface area contributed by atoms with Gasteiger partial charge in [0.1, 0.15) is 6.04 Å². The largest absolute Gasteiger partial charge is 0.462 e. The van der Waals surface area contributed by atoms with E-state index in [4.69, 9.17) is 4.74 Å². The highest BCUT2D eigenvalue weighted by Gasteiger charge is 2.33. The Hall–Kier alpha value is -0.570. The van der Waals surface area contributed by atoms with E-state index in [1.165, 1.54) is 0 Å². The van der Waals surface area contributed by atoms with Gasteiger partial charge in [0, 0.05) is 6.04 Å². The first-order valence-corrected chi connectivity index (χ1v) is 5.48. The monoisotopic (exact) mass is 199 g/mol. The molecule has 0 aromatic rings. The van der Waals surface area contributed by atoms with E-state index in [1.54, 1.807) is 0 Å². The molecule has 82 valence electrons. The van der Waals surface area contributed by atoms with E-state index in [2.05, 4.69) is 18.7 Å². The fourth-order valence-electron chi connectivity index (χ4n) is 1.97. The summed E-state index contributed by atoms with van der Waals surface area (Å²) >= 11 is 0. The minimum Gasteiger partial charge on any atom is -0.462 e. The lowest BCUT2D eigenvalue weighted by molar-refractivity contribution is -0.153. The van der Waals surface area contributed by atoms with Crippen LogP contribution in [0.2, 0.25) is 0 Å². The van der Waals surface area contributed by atoms with Gasteiger partial charge < -0.3 is 4.74 Å². The topological polar surface area (TPSA) is 29.5 Å². The summed E-state index contributed by atoms with van der Waals surface area (Å²) in [6, 6.07) is 0.430. The maximum absolute atomic E-state index is 11.7. The molecule has 1 atom stereocenters. The van der Waals surface area contributed by atoms with Crippen LogP contribution >= 0.6 is 0 Å². The summed E-state index contributed by atoms with van der Waals surface area (Å²) in [5.74, 6) is -0.0498. The number of carbonyl (C=O) groups is 1. The van der Waals surface area contributed by atoms with Crippen molar-refractivity contribution in [2.45, 2.75) is 58.7 Å². The number of likely N-dealkylation sites (tertiary alicyclic amines) is 1. The van der Waals surface area contributed by atoms with E-state index in [0.717, 1.165) is 19.4 Å². The van der Waals surface area contributed by atoms with Crippen molar-refractivity contribution >= 4 is 5.97 Å². The van der Waals surface area contributed by atoms with Crippen molar-refractivity contribution in [2.24, 2.45) is 0 Å². The predicted molar refractivity (Wildman–Crippen MR) is 56.1 cm³/mol. The average Bonchev–Trinajstić information content (AvgIpc) is 2.49. The summed E-state index contributed by atoms with van der Waals surface area (Å²) in [4.78, 5) is 13.9. The molecule has 14 heavy (non-hydrogen) atoms. The van der Waals surface area contributed by atoms with Gasteiger partial charge >= 0.3 is 5.97 Å². The maximum atomic E-state index is 11.7. The molecule has 3 nitrogen and oxygen atoms in total. The van der Waals surface area contributed by atoms with Gasteiger partial charge in [-0.05, 0) is 47.1 Å². The Morgan fingerprint density at radius 2 is 2.00 bits per heavy atom. The normalized spacial score (nSPS) is 23.4. The van der Waals surface area contributed by atoms with Gasteiger partial charge in [-0.2, -0.15) is 0 Å². The first-order valence-electron chi connectivity index (χ1n) is 5.48. The molecule has 0 bridgehead atoms. The smallest absolute Gasteiger partial charge is 0.323 e. The van der Waals surface area contributed by atoms with Gasteiger partial charge in [0.2, 0.25) is 0 Å². The molecule has 1 rings (SSSR count). The van der Waals surface area contributed by atoms with E-state index in [0.29, 0.717) is 6.04 Å². The van der Waals surface area contributed by atoms with Gasteiger partial charge in [0.25, 0.3) is 0 Å². The molecule has 0 aromatic carbocycles. The third kappa shape index (κ3) is 2.71. The first-order chi connectivity index (χ1) is 6.52. The van der Waals surface area contributed by atoms with E-state index in [1.807, 2.05) is 13.8 Å². The minimum atomic E-state index is -0.0498. The number of hydrogen-bond acceptors (Lipinski definition) is 3. The number of ether oxygens (including phenoxy) is 1. The van der Waals surface area contributed by atoms with Crippen LogP contribution in [0.25, 0.3) is 0 Å². The third-order valence-corrected chi connectivity index (χ3v) is 2.58. The van der Waals surface area contributed by atoms with Crippen LogP contribution < -0.4 is 0 Å². The molecule has 1 aliphatic rings. The quantitative estimate of drug-likeness (QED) is 0.649. The Labute approximate surface area is 86.4 Å². The van der Waals surface area contributed by atoms with Crippen molar-refractivity contribution in [3.63, 3.8) is 0 Å². The Morgan fingerprint density at radius 1 is 1.36 bits per heavy atom. The fraction of sp³-hybridized carbons (Fsp3) is 0.909. The van der Waals surface area contributed by atoms with E-state index < -0.39 is 0 Å². The van der Waals surface area contributed by atoms with E-state index in [-0.39, 0.29) is 18.1 Å². The zero-order valence-corrected chi connectivity index (χ0v) is 9.62. The molecular formula is C11H21NO2. The second-order valence-electron chi connectivity index (χ2n) is 4.48. The first kappa shape index (κ1) is 11.5. The molecule has 0 amide bonds. The lowest BCUT2D eigenvalue weighted by atomic mass is 10.2. The van der Waals surface area contributed by atoms with E-state index in [9.17, 15) is 4.79 Å². The SMILES string of the molecule is CC(C)OC(=O)[C@@H]1CCCN1C(C)C. The van der Waals surface area contributed by atoms with Crippen LogP contribution in [0.3, 0.4) is 0 Å². The molecule has 1 fully saturated rings. The van der Waals surface area contributed by atoms with Gasteiger partial charge in [0.05, 0.1) is 6.10 Å². The summed E-state index contributed by atoms with van der Waals surface area (Å²) in [5.41, 5.74) is 0. The van der Waals surface area contributed by atoms with Gasteiger partial charge in [-0.1, -0.05) is 0 Å². The van der Waals surface area contributed by atoms with Gasteiger partial charge in [-0.3, -0.25) is 9.69 Å². The molecule has 1 heterocycles. The molecule has 3 heteroatoms. The molecule has 0 aromatic heterocycles. The van der Waals surface area contributed by atoms with Crippen molar-refractivity contribution in [2.75, 3.05) is 6.54 Å². The predicted octanol–water partition coefficient (Wildman–Crippen LogP) is 1.81. The lowest BCUT2D eigenvalue weighted by Gasteiger charge is -2.27. The summed E-state index contributed by atoms with van der Waals surface area (Å²) in [6.45, 7) is 9.07. The molecule has 1 saturated heterocycles. The number of hydrogen-bond donors (Lipinski definition) is 0. The number of rotatable bonds is 3. The van der Waals surface area contributed by atoms with Crippen LogP contribution in [-0.2, 0) is 9.53 Å². The van der Waals surface area contributed by atoms with Crippen molar-refractivity contribution in [3.8, 4) is 0 Å². The highest BCUT2D eigenvalue weighted by Crippen LogP contribution is 2.21. The number of esters is 1. The van der Waals surface area contributed by atoms with Gasteiger partial charge in [0.15, 0.2) is 0 Å². The Morgan fingerprint density at radius 3 is 2.50 bits per heavy atom. The van der Waals surface area contributed by atoms with Crippen LogP contribution in [0.15, 0.2) is 0 Å². The molecule has 0 radical (unpaired) electrons. The Balaban J connectivity index is 2.53. The second kappa shape index (κ2) is 4.78. The standard InChI is InChI=1S/C11H21NO2/c1-8(2)12-7-5-6-10(12)11(13)14-9(3)4/h8-10H,5-7H2,1-4H3/t10-/m0/s1. The molecule has 0 unspecified atom stereocenters. The number of nitrogens with zero attached hydrogens (tertiary/aromatic N) is 1. The molecule has 0 saturated carbocycles. The Kier molecular flexibility index (Phi) is 3.93. The third-order valence-electron chi connectivity index (χ3n) is 2.58. The fourth-order valence-corrected chi connectivity index (χ4v) is 1.97. The number of carbonyl (C=O) groups excluding carboxylic acids is 1. The van der Waals surface area contributed by atoms with Gasteiger partial charge in [-0.25, -0.2) is 0 Å². The summed E-state index contributed by atoms with van der Waals surface area (Å²) in [5, 5.41) is 0. The van der Waals surface area contributed by atoms with Crippen molar-refractivity contribution in [1.29, 1.82) is 0 Å². The van der Waals surface area contributed by atoms with Gasteiger partial charge in [-0.15, -0.1) is 0 Å². The zero-order chi connectivity index (χ0) is 10.7.